The van der Waals surface area contributed by atoms with Gasteiger partial charge < -0.3 is 10.1 Å². The van der Waals surface area contributed by atoms with E-state index in [1.807, 2.05) is 24.3 Å². The van der Waals surface area contributed by atoms with Crippen molar-refractivity contribution in [3.63, 3.8) is 0 Å². The molecule has 1 N–H and O–H groups in total. The minimum absolute atomic E-state index is 0.129. The smallest absolute Gasteiger partial charge is 0.339 e. The van der Waals surface area contributed by atoms with Crippen LogP contribution < -0.4 is 5.32 Å². The average Bonchev–Trinajstić information content (AvgIpc) is 3.47. The molecule has 1 aliphatic rings. The number of aromatic nitrogens is 1. The monoisotopic (exact) mass is 408 g/mol. The van der Waals surface area contributed by atoms with Crippen molar-refractivity contribution >= 4 is 39.9 Å². The van der Waals surface area contributed by atoms with Crippen molar-refractivity contribution in [3.05, 3.63) is 63.5 Å². The van der Waals surface area contributed by atoms with E-state index in [1.165, 1.54) is 18.3 Å². The minimum atomic E-state index is -0.520. The molecule has 0 saturated heterocycles. The number of amides is 1. The molecule has 0 aliphatic heterocycles. The maximum Gasteiger partial charge on any atom is 0.339 e. The minimum Gasteiger partial charge on any atom is -0.454 e. The molecule has 2 heterocycles. The number of hydrogen-bond acceptors (Lipinski definition) is 6. The Balaban J connectivity index is 1.46. The van der Waals surface area contributed by atoms with Gasteiger partial charge in [-0.05, 0) is 37.1 Å². The molecule has 1 aromatic carbocycles. The van der Waals surface area contributed by atoms with Crippen LogP contribution in [0.4, 0.5) is 0 Å². The van der Waals surface area contributed by atoms with Crippen molar-refractivity contribution < 1.29 is 19.1 Å². The Morgan fingerprint density at radius 2 is 1.97 bits per heavy atom. The van der Waals surface area contributed by atoms with Crippen LogP contribution in [-0.2, 0) is 16.1 Å². The number of carbonyl (C=O) groups is 3. The molecule has 148 valence electrons. The summed E-state index contributed by atoms with van der Waals surface area (Å²) in [5.74, 6) is -0.511. The number of Topliss-reactive ketones (excluding diaryl/α,β-unsaturated/α-hetero) is 1. The molecule has 1 fully saturated rings. The van der Waals surface area contributed by atoms with Crippen LogP contribution in [-0.4, -0.2) is 29.3 Å². The van der Waals surface area contributed by atoms with Crippen LogP contribution in [0.2, 0.25) is 0 Å². The summed E-state index contributed by atoms with van der Waals surface area (Å²) in [4.78, 5) is 42.2. The number of nitrogens with one attached hydrogen (secondary N) is 1. The van der Waals surface area contributed by atoms with Gasteiger partial charge in [-0.15, -0.1) is 11.3 Å². The van der Waals surface area contributed by atoms with E-state index in [-0.39, 0.29) is 18.3 Å². The van der Waals surface area contributed by atoms with Crippen LogP contribution in [0.15, 0.2) is 42.5 Å². The normalized spacial score (nSPS) is 13.3. The fourth-order valence-corrected chi connectivity index (χ4v) is 3.94. The lowest BCUT2D eigenvalue weighted by molar-refractivity contribution is -0.119. The summed E-state index contributed by atoms with van der Waals surface area (Å²) in [5.41, 5.74) is 2.11. The van der Waals surface area contributed by atoms with Gasteiger partial charge in [-0.3, -0.25) is 14.6 Å². The Kier molecular flexibility index (Phi) is 5.40. The highest BCUT2D eigenvalue weighted by molar-refractivity contribution is 7.14. The first-order valence-corrected chi connectivity index (χ1v) is 10.3. The first-order valence-electron chi connectivity index (χ1n) is 9.44. The van der Waals surface area contributed by atoms with Crippen molar-refractivity contribution in [2.45, 2.75) is 32.2 Å². The quantitative estimate of drug-likeness (QED) is 0.474. The molecule has 1 aliphatic carbocycles. The highest BCUT2D eigenvalue weighted by atomic mass is 32.1. The summed E-state index contributed by atoms with van der Waals surface area (Å²) in [7, 11) is 0. The van der Waals surface area contributed by atoms with Crippen molar-refractivity contribution in [2.24, 2.45) is 0 Å². The summed E-state index contributed by atoms with van der Waals surface area (Å²) >= 11 is 1.28. The molecular formula is C22H20N2O4S. The molecule has 7 heteroatoms. The van der Waals surface area contributed by atoms with Crippen molar-refractivity contribution in [3.8, 4) is 0 Å². The molecule has 0 bridgehead atoms. The van der Waals surface area contributed by atoms with Gasteiger partial charge in [-0.2, -0.15) is 0 Å². The Morgan fingerprint density at radius 3 is 2.72 bits per heavy atom. The molecule has 0 atom stereocenters. The van der Waals surface area contributed by atoms with E-state index >= 15 is 0 Å². The van der Waals surface area contributed by atoms with E-state index in [9.17, 15) is 14.4 Å². The van der Waals surface area contributed by atoms with Gasteiger partial charge in [0.1, 0.15) is 0 Å². The van der Waals surface area contributed by atoms with E-state index in [0.29, 0.717) is 22.9 Å². The van der Waals surface area contributed by atoms with Crippen LogP contribution in [0.1, 0.15) is 56.3 Å². The first-order chi connectivity index (χ1) is 14.0. The van der Waals surface area contributed by atoms with E-state index in [2.05, 4.69) is 10.3 Å². The van der Waals surface area contributed by atoms with E-state index < -0.39 is 5.97 Å². The number of hydrogen-bond donors (Lipinski definition) is 1. The first kappa shape index (κ1) is 19.3. The highest BCUT2D eigenvalue weighted by Crippen LogP contribution is 2.40. The number of para-hydroxylation sites is 1. The molecule has 2 aromatic heterocycles. The molecule has 3 aromatic rings. The summed E-state index contributed by atoms with van der Waals surface area (Å²) in [6.07, 6.45) is 2.16. The number of pyridine rings is 1. The molecule has 6 nitrogen and oxygen atoms in total. The largest absolute Gasteiger partial charge is 0.454 e. The second kappa shape index (κ2) is 8.13. The number of rotatable bonds is 7. The van der Waals surface area contributed by atoms with Gasteiger partial charge in [0.2, 0.25) is 11.7 Å². The molecular weight excluding hydrogens is 388 g/mol. The van der Waals surface area contributed by atoms with E-state index in [0.717, 1.165) is 34.3 Å². The topological polar surface area (TPSA) is 85.4 Å². The van der Waals surface area contributed by atoms with Gasteiger partial charge in [0, 0.05) is 28.8 Å². The molecule has 1 saturated carbocycles. The number of nitrogens with zero attached hydrogens (tertiary/aromatic N) is 1. The summed E-state index contributed by atoms with van der Waals surface area (Å²) in [6.45, 7) is 1.49. The predicted octanol–water partition coefficient (Wildman–Crippen LogP) is 3.85. The van der Waals surface area contributed by atoms with Gasteiger partial charge in [-0.1, -0.05) is 18.2 Å². The van der Waals surface area contributed by atoms with E-state index in [4.69, 9.17) is 4.74 Å². The standard InChI is InChI=1S/C22H20N2O4S/c1-13(25)23-11-15-8-9-21(29-15)20(26)12-28-22(27)17-10-19(14-6-7-14)24-18-5-3-2-4-16(17)18/h2-5,8-10,14H,6-7,11-12H2,1H3,(H,23,25). The van der Waals surface area contributed by atoms with Gasteiger partial charge in [0.05, 0.1) is 22.5 Å². The summed E-state index contributed by atoms with van der Waals surface area (Å²) < 4.78 is 5.34. The fraction of sp³-hybridized carbons (Fsp3) is 0.273. The molecule has 0 unspecified atom stereocenters. The third kappa shape index (κ3) is 4.51. The predicted molar refractivity (Wildman–Crippen MR) is 110 cm³/mol. The number of ether oxygens (including phenoxy) is 1. The zero-order valence-electron chi connectivity index (χ0n) is 15.9. The maximum absolute atomic E-state index is 12.7. The van der Waals surface area contributed by atoms with Gasteiger partial charge in [0.25, 0.3) is 0 Å². The Hall–Kier alpha value is -3.06. The summed E-state index contributed by atoms with van der Waals surface area (Å²) in [6, 6.07) is 12.7. The van der Waals surface area contributed by atoms with Crippen molar-refractivity contribution in [1.82, 2.24) is 10.3 Å². The van der Waals surface area contributed by atoms with Crippen LogP contribution in [0.25, 0.3) is 10.9 Å². The molecule has 4 rings (SSSR count). The number of carbonyl (C=O) groups excluding carboxylic acids is 3. The van der Waals surface area contributed by atoms with Crippen molar-refractivity contribution in [2.75, 3.05) is 6.61 Å². The fourth-order valence-electron chi connectivity index (χ4n) is 3.07. The maximum atomic E-state index is 12.7. The van der Waals surface area contributed by atoms with Gasteiger partial charge in [-0.25, -0.2) is 4.79 Å². The van der Waals surface area contributed by atoms with Crippen LogP contribution in [0, 0.1) is 0 Å². The van der Waals surface area contributed by atoms with Crippen molar-refractivity contribution in [1.29, 1.82) is 0 Å². The number of esters is 1. The zero-order chi connectivity index (χ0) is 20.4. The number of thiophene rings is 1. The SMILES string of the molecule is CC(=O)NCc1ccc(C(=O)COC(=O)c2cc(C3CC3)nc3ccccc23)s1. The highest BCUT2D eigenvalue weighted by Gasteiger charge is 2.27. The zero-order valence-corrected chi connectivity index (χ0v) is 16.8. The number of fused-ring (bicyclic) bond motifs is 1. The molecule has 1 amide bonds. The molecule has 29 heavy (non-hydrogen) atoms. The van der Waals surface area contributed by atoms with Gasteiger partial charge in [0.15, 0.2) is 6.61 Å². The lowest BCUT2D eigenvalue weighted by Crippen LogP contribution is -2.18. The Bertz CT molecular complexity index is 1100. The number of ketones is 1. The lowest BCUT2D eigenvalue weighted by atomic mass is 10.1. The average molecular weight is 408 g/mol. The van der Waals surface area contributed by atoms with Crippen LogP contribution >= 0.6 is 11.3 Å². The number of benzene rings is 1. The molecule has 0 spiro atoms. The van der Waals surface area contributed by atoms with Gasteiger partial charge >= 0.3 is 5.97 Å². The third-order valence-electron chi connectivity index (χ3n) is 4.73. The Morgan fingerprint density at radius 1 is 1.17 bits per heavy atom. The second-order valence-electron chi connectivity index (χ2n) is 7.06. The summed E-state index contributed by atoms with van der Waals surface area (Å²) in [5, 5.41) is 3.42. The lowest BCUT2D eigenvalue weighted by Gasteiger charge is -2.09. The molecule has 0 radical (unpaired) electrons. The Labute approximate surface area is 171 Å². The third-order valence-corrected chi connectivity index (χ3v) is 5.86. The van der Waals surface area contributed by atoms with Crippen LogP contribution in [0.3, 0.4) is 0 Å². The van der Waals surface area contributed by atoms with E-state index in [1.54, 1.807) is 18.2 Å². The second-order valence-corrected chi connectivity index (χ2v) is 8.23. The van der Waals surface area contributed by atoms with Crippen LogP contribution in [0.5, 0.6) is 0 Å².